The maximum Gasteiger partial charge on any atom is 0.271 e. The van der Waals surface area contributed by atoms with Crippen LogP contribution in [0.3, 0.4) is 0 Å². The summed E-state index contributed by atoms with van der Waals surface area (Å²) >= 11 is 12.6. The number of nitrogens with zero attached hydrogens (tertiary/aromatic N) is 3. The van der Waals surface area contributed by atoms with E-state index in [0.29, 0.717) is 38.9 Å². The standard InChI is InChI=1S/C24H21Cl2N5O2/c1-24(2)9-18-21(19(32)10-24)20(15-6-5-14(25)8-17(15)26)16(11-27)22(28)31(18)30-23(33)13-4-3-7-29-12-13/h3-8,12,20H,9-10,28H2,1-2H3,(H,30,33). The minimum absolute atomic E-state index is 0.0370. The Morgan fingerprint density at radius 3 is 2.70 bits per heavy atom. The molecule has 1 unspecified atom stereocenters. The highest BCUT2D eigenvalue weighted by atomic mass is 35.5. The summed E-state index contributed by atoms with van der Waals surface area (Å²) in [7, 11) is 0. The second kappa shape index (κ2) is 8.54. The SMILES string of the molecule is CC1(C)CC(=O)C2=C(C1)N(NC(=O)c1cccnc1)C(N)=C(C#N)C2c1ccc(Cl)cc1Cl. The van der Waals surface area contributed by atoms with Crippen LogP contribution in [0, 0.1) is 16.7 Å². The predicted octanol–water partition coefficient (Wildman–Crippen LogP) is 4.47. The molecule has 1 aliphatic carbocycles. The molecule has 0 fully saturated rings. The monoisotopic (exact) mass is 481 g/mol. The summed E-state index contributed by atoms with van der Waals surface area (Å²) in [6.45, 7) is 3.94. The number of amides is 1. The van der Waals surface area contributed by atoms with Crippen LogP contribution in [0.5, 0.6) is 0 Å². The summed E-state index contributed by atoms with van der Waals surface area (Å²) in [6, 6.07) is 10.3. The lowest BCUT2D eigenvalue weighted by atomic mass is 9.69. The van der Waals surface area contributed by atoms with Crippen molar-refractivity contribution in [3.8, 4) is 6.07 Å². The first-order chi connectivity index (χ1) is 15.6. The van der Waals surface area contributed by atoms with Gasteiger partial charge in [-0.2, -0.15) is 5.26 Å². The molecule has 2 aliphatic rings. The van der Waals surface area contributed by atoms with Gasteiger partial charge in [-0.15, -0.1) is 0 Å². The number of carbonyl (C=O) groups excluding carboxylic acids is 2. The average molecular weight is 482 g/mol. The zero-order chi connectivity index (χ0) is 23.9. The van der Waals surface area contributed by atoms with Gasteiger partial charge in [0, 0.05) is 34.4 Å². The molecule has 0 radical (unpaired) electrons. The fourth-order valence-corrected chi connectivity index (χ4v) is 4.86. The van der Waals surface area contributed by atoms with Crippen molar-refractivity contribution >= 4 is 34.9 Å². The molecule has 7 nitrogen and oxygen atoms in total. The van der Waals surface area contributed by atoms with Crippen LogP contribution in [0.4, 0.5) is 0 Å². The van der Waals surface area contributed by atoms with Gasteiger partial charge in [-0.1, -0.05) is 43.1 Å². The molecule has 1 aromatic heterocycles. The van der Waals surface area contributed by atoms with Crippen LogP contribution in [0.15, 0.2) is 65.4 Å². The lowest BCUT2D eigenvalue weighted by molar-refractivity contribution is -0.118. The Labute approximate surface area is 201 Å². The van der Waals surface area contributed by atoms with Gasteiger partial charge in [-0.05, 0) is 41.7 Å². The van der Waals surface area contributed by atoms with E-state index in [9.17, 15) is 14.9 Å². The summed E-state index contributed by atoms with van der Waals surface area (Å²) in [5.41, 5.74) is 10.8. The van der Waals surface area contributed by atoms with E-state index in [4.69, 9.17) is 28.9 Å². The maximum atomic E-state index is 13.4. The van der Waals surface area contributed by atoms with Crippen LogP contribution in [-0.2, 0) is 4.79 Å². The van der Waals surface area contributed by atoms with Crippen molar-refractivity contribution in [1.29, 1.82) is 5.26 Å². The number of halogens is 2. The summed E-state index contributed by atoms with van der Waals surface area (Å²) in [6.07, 6.45) is 3.73. The molecule has 0 saturated carbocycles. The maximum absolute atomic E-state index is 13.4. The topological polar surface area (TPSA) is 112 Å². The van der Waals surface area contributed by atoms with Gasteiger partial charge in [0.2, 0.25) is 0 Å². The van der Waals surface area contributed by atoms with Crippen molar-refractivity contribution in [2.45, 2.75) is 32.6 Å². The normalized spacial score (nSPS) is 19.8. The average Bonchev–Trinajstić information content (AvgIpc) is 2.75. The first kappa shape index (κ1) is 22.8. The molecule has 0 saturated heterocycles. The third kappa shape index (κ3) is 4.20. The first-order valence-corrected chi connectivity index (χ1v) is 11.0. The van der Waals surface area contributed by atoms with Crippen LogP contribution >= 0.6 is 23.2 Å². The van der Waals surface area contributed by atoms with E-state index in [-0.39, 0.29) is 29.0 Å². The van der Waals surface area contributed by atoms with Gasteiger partial charge in [0.15, 0.2) is 5.78 Å². The number of nitrogens with one attached hydrogen (secondary N) is 1. The molecular weight excluding hydrogens is 461 g/mol. The Morgan fingerprint density at radius 1 is 1.30 bits per heavy atom. The molecule has 2 heterocycles. The fraction of sp³-hybridized carbons (Fsp3) is 0.250. The minimum atomic E-state index is -0.759. The highest BCUT2D eigenvalue weighted by Gasteiger charge is 2.45. The lowest BCUT2D eigenvalue weighted by Crippen LogP contribution is -2.49. The summed E-state index contributed by atoms with van der Waals surface area (Å²) in [5, 5.41) is 12.2. The summed E-state index contributed by atoms with van der Waals surface area (Å²) in [5.74, 6) is -1.31. The van der Waals surface area contributed by atoms with E-state index in [1.165, 1.54) is 11.2 Å². The Hall–Kier alpha value is -3.34. The van der Waals surface area contributed by atoms with Gasteiger partial charge in [0.1, 0.15) is 5.82 Å². The van der Waals surface area contributed by atoms with Crippen LogP contribution in [0.2, 0.25) is 10.0 Å². The number of pyridine rings is 1. The van der Waals surface area contributed by atoms with Gasteiger partial charge < -0.3 is 5.73 Å². The Bertz CT molecular complexity index is 1260. The molecule has 168 valence electrons. The molecule has 4 rings (SSSR count). The van der Waals surface area contributed by atoms with E-state index >= 15 is 0 Å². The molecule has 9 heteroatoms. The molecule has 2 aromatic rings. The number of aromatic nitrogens is 1. The zero-order valence-corrected chi connectivity index (χ0v) is 19.5. The van der Waals surface area contributed by atoms with Gasteiger partial charge in [-0.25, -0.2) is 5.01 Å². The van der Waals surface area contributed by atoms with E-state index in [1.807, 2.05) is 13.8 Å². The molecule has 1 atom stereocenters. The Kier molecular flexibility index (Phi) is 5.91. The van der Waals surface area contributed by atoms with E-state index in [0.717, 1.165) is 0 Å². The van der Waals surface area contributed by atoms with Crippen molar-refractivity contribution in [3.05, 3.63) is 86.6 Å². The number of rotatable bonds is 3. The van der Waals surface area contributed by atoms with Gasteiger partial charge >= 0.3 is 0 Å². The number of benzene rings is 1. The number of hydrazine groups is 1. The van der Waals surface area contributed by atoms with Crippen LogP contribution in [0.25, 0.3) is 0 Å². The molecule has 3 N–H and O–H groups in total. The lowest BCUT2D eigenvalue weighted by Gasteiger charge is -2.43. The fourth-order valence-electron chi connectivity index (χ4n) is 4.35. The zero-order valence-electron chi connectivity index (χ0n) is 18.0. The Morgan fingerprint density at radius 2 is 2.06 bits per heavy atom. The van der Waals surface area contributed by atoms with Crippen molar-refractivity contribution in [2.75, 3.05) is 0 Å². The smallest absolute Gasteiger partial charge is 0.271 e. The summed E-state index contributed by atoms with van der Waals surface area (Å²) < 4.78 is 0. The summed E-state index contributed by atoms with van der Waals surface area (Å²) in [4.78, 5) is 30.3. The molecule has 0 spiro atoms. The van der Waals surface area contributed by atoms with Crippen molar-refractivity contribution in [2.24, 2.45) is 11.1 Å². The van der Waals surface area contributed by atoms with E-state index < -0.39 is 11.8 Å². The molecule has 33 heavy (non-hydrogen) atoms. The highest BCUT2D eigenvalue weighted by molar-refractivity contribution is 6.35. The highest BCUT2D eigenvalue weighted by Crippen LogP contribution is 2.49. The number of ketones is 1. The number of allylic oxidation sites excluding steroid dienone is 3. The molecule has 0 bridgehead atoms. The van der Waals surface area contributed by atoms with Crippen molar-refractivity contribution < 1.29 is 9.59 Å². The second-order valence-electron chi connectivity index (χ2n) is 8.83. The number of hydrogen-bond acceptors (Lipinski definition) is 6. The molecular formula is C24H21Cl2N5O2. The number of nitriles is 1. The van der Waals surface area contributed by atoms with Gasteiger partial charge in [0.05, 0.1) is 28.8 Å². The van der Waals surface area contributed by atoms with Crippen LogP contribution < -0.4 is 11.2 Å². The first-order valence-electron chi connectivity index (χ1n) is 10.2. The number of carbonyl (C=O) groups is 2. The van der Waals surface area contributed by atoms with Crippen LogP contribution in [0.1, 0.15) is 48.5 Å². The number of hydrogen-bond donors (Lipinski definition) is 2. The van der Waals surface area contributed by atoms with E-state index in [1.54, 1.807) is 36.5 Å². The third-order valence-electron chi connectivity index (χ3n) is 5.79. The van der Waals surface area contributed by atoms with Crippen molar-refractivity contribution in [3.63, 3.8) is 0 Å². The van der Waals surface area contributed by atoms with Crippen molar-refractivity contribution in [1.82, 2.24) is 15.4 Å². The Balaban J connectivity index is 1.89. The minimum Gasteiger partial charge on any atom is -0.383 e. The van der Waals surface area contributed by atoms with Gasteiger partial charge in [0.25, 0.3) is 5.91 Å². The predicted molar refractivity (Wildman–Crippen MR) is 125 cm³/mol. The largest absolute Gasteiger partial charge is 0.383 e. The second-order valence-corrected chi connectivity index (χ2v) is 9.67. The van der Waals surface area contributed by atoms with E-state index in [2.05, 4.69) is 16.5 Å². The quantitative estimate of drug-likeness (QED) is 0.668. The van der Waals surface area contributed by atoms with Crippen LogP contribution in [-0.4, -0.2) is 21.7 Å². The van der Waals surface area contributed by atoms with Gasteiger partial charge in [-0.3, -0.25) is 20.0 Å². The molecule has 1 amide bonds. The molecule has 1 aliphatic heterocycles. The number of nitrogens with two attached hydrogens (primary N) is 1. The third-order valence-corrected chi connectivity index (χ3v) is 6.35. The molecule has 1 aromatic carbocycles. The number of Topliss-reactive ketones (excluding diaryl/α,β-unsaturated/α-hetero) is 1.